The molecule has 1 atom stereocenters. The minimum absolute atomic E-state index is 0.0913. The highest BCUT2D eigenvalue weighted by atomic mass is 16.2. The smallest absolute Gasteiger partial charge is 0.251 e. The zero-order chi connectivity index (χ0) is 25.5. The number of aromatic nitrogens is 5. The third-order valence-corrected chi connectivity index (χ3v) is 5.69. The Labute approximate surface area is 208 Å². The zero-order valence-corrected chi connectivity index (χ0v) is 20.2. The predicted octanol–water partition coefficient (Wildman–Crippen LogP) is 2.21. The quantitative estimate of drug-likeness (QED) is 0.280. The topological polar surface area (TPSA) is 147 Å². The molecule has 4 N–H and O–H groups in total. The second-order valence-corrected chi connectivity index (χ2v) is 8.07. The number of hydrogen-bond acceptors (Lipinski definition) is 9. The molecule has 0 bridgehead atoms. The van der Waals surface area contributed by atoms with Crippen LogP contribution in [0.5, 0.6) is 0 Å². The first-order chi connectivity index (χ1) is 17.5. The average molecular weight is 486 g/mol. The van der Waals surface area contributed by atoms with Crippen molar-refractivity contribution in [2.75, 3.05) is 37.8 Å². The average Bonchev–Trinajstić information content (AvgIpc) is 2.93. The normalized spacial score (nSPS) is 11.5. The number of nitrogens with zero attached hydrogens (tertiary/aromatic N) is 5. The van der Waals surface area contributed by atoms with Gasteiger partial charge < -0.3 is 21.3 Å². The van der Waals surface area contributed by atoms with Gasteiger partial charge in [-0.1, -0.05) is 25.1 Å². The summed E-state index contributed by atoms with van der Waals surface area (Å²) in [5.74, 6) is 0.807. The lowest BCUT2D eigenvalue weighted by atomic mass is 9.96. The molecule has 0 fully saturated rings. The van der Waals surface area contributed by atoms with Crippen molar-refractivity contribution in [2.24, 2.45) is 0 Å². The largest absolute Gasteiger partial charge is 0.369 e. The molecule has 0 aliphatic carbocycles. The van der Waals surface area contributed by atoms with Gasteiger partial charge in [-0.25, -0.2) is 19.9 Å². The molecule has 0 saturated heterocycles. The van der Waals surface area contributed by atoms with Crippen LogP contribution in [-0.4, -0.2) is 63.9 Å². The van der Waals surface area contributed by atoms with Crippen LogP contribution in [0.3, 0.4) is 0 Å². The van der Waals surface area contributed by atoms with Gasteiger partial charge in [-0.2, -0.15) is 0 Å². The number of rotatable bonds is 9. The molecule has 0 radical (unpaired) electrons. The number of hydrogen-bond donors (Lipinski definition) is 4. The van der Waals surface area contributed by atoms with Crippen LogP contribution >= 0.6 is 0 Å². The lowest BCUT2D eigenvalue weighted by molar-refractivity contribution is -0.118. The van der Waals surface area contributed by atoms with Crippen molar-refractivity contribution in [3.8, 4) is 11.3 Å². The summed E-state index contributed by atoms with van der Waals surface area (Å²) in [5, 5.41) is 12.2. The van der Waals surface area contributed by atoms with E-state index < -0.39 is 0 Å². The highest BCUT2D eigenvalue weighted by Gasteiger charge is 2.15. The van der Waals surface area contributed by atoms with E-state index >= 15 is 0 Å². The molecule has 4 rings (SSSR count). The summed E-state index contributed by atoms with van der Waals surface area (Å²) >= 11 is 0. The van der Waals surface area contributed by atoms with E-state index in [1.807, 2.05) is 24.3 Å². The lowest BCUT2D eigenvalue weighted by Gasteiger charge is -2.16. The molecular weight excluding hydrogens is 458 g/mol. The Morgan fingerprint density at radius 1 is 0.944 bits per heavy atom. The van der Waals surface area contributed by atoms with Crippen molar-refractivity contribution >= 4 is 34.5 Å². The van der Waals surface area contributed by atoms with Gasteiger partial charge in [-0.05, 0) is 11.6 Å². The Morgan fingerprint density at radius 3 is 2.50 bits per heavy atom. The van der Waals surface area contributed by atoms with Crippen molar-refractivity contribution < 1.29 is 9.59 Å². The summed E-state index contributed by atoms with van der Waals surface area (Å²) in [6, 6.07) is 9.43. The van der Waals surface area contributed by atoms with E-state index in [4.69, 9.17) is 0 Å². The zero-order valence-electron chi connectivity index (χ0n) is 20.2. The minimum atomic E-state index is -0.158. The fourth-order valence-electron chi connectivity index (χ4n) is 3.71. The van der Waals surface area contributed by atoms with Crippen LogP contribution in [0.4, 0.5) is 11.8 Å². The summed E-state index contributed by atoms with van der Waals surface area (Å²) in [6.07, 6.45) is 6.42. The van der Waals surface area contributed by atoms with Gasteiger partial charge >= 0.3 is 0 Å². The Hall–Kier alpha value is -4.67. The third-order valence-electron chi connectivity index (χ3n) is 5.69. The molecule has 0 aliphatic heterocycles. The van der Waals surface area contributed by atoms with Crippen LogP contribution in [-0.2, 0) is 4.79 Å². The first-order valence-electron chi connectivity index (χ1n) is 11.4. The van der Waals surface area contributed by atoms with Gasteiger partial charge in [0.1, 0.15) is 12.1 Å². The summed E-state index contributed by atoms with van der Waals surface area (Å²) in [4.78, 5) is 45.3. The van der Waals surface area contributed by atoms with Crippen LogP contribution in [0.25, 0.3) is 22.2 Å². The standard InChI is InChI=1S/C25H27N9O2/c1-15(17-5-4-6-18-19(24(36)27-3)7-8-28-23(17)18)10-29-21-9-20(33-14-34-21)16-11-30-25(31-12-16)32-13-22(35)26-2/h4-9,11-12,14-15H,10,13H2,1-3H3,(H,26,35)(H,27,36)(H,29,33,34)(H,30,31,32). The molecule has 0 spiro atoms. The number of amides is 2. The van der Waals surface area contributed by atoms with Gasteiger partial charge in [0.05, 0.1) is 23.3 Å². The molecule has 2 amide bonds. The molecule has 0 aliphatic rings. The summed E-state index contributed by atoms with van der Waals surface area (Å²) in [6.45, 7) is 2.78. The number of carbonyl (C=O) groups excluding carboxylic acids is 2. The molecule has 184 valence electrons. The molecule has 1 aromatic carbocycles. The number of likely N-dealkylation sites (N-methyl/N-ethyl adjacent to an activating group) is 1. The van der Waals surface area contributed by atoms with E-state index in [-0.39, 0.29) is 24.3 Å². The molecule has 11 heteroatoms. The number of para-hydroxylation sites is 1. The maximum absolute atomic E-state index is 12.3. The third kappa shape index (κ3) is 5.52. The molecule has 1 unspecified atom stereocenters. The highest BCUT2D eigenvalue weighted by Crippen LogP contribution is 2.27. The van der Waals surface area contributed by atoms with E-state index in [0.717, 1.165) is 22.0 Å². The minimum Gasteiger partial charge on any atom is -0.369 e. The van der Waals surface area contributed by atoms with Crippen LogP contribution in [0.2, 0.25) is 0 Å². The van der Waals surface area contributed by atoms with Crippen LogP contribution in [0.15, 0.2) is 55.2 Å². The van der Waals surface area contributed by atoms with Crippen LogP contribution in [0, 0.1) is 0 Å². The van der Waals surface area contributed by atoms with E-state index in [9.17, 15) is 9.59 Å². The molecular formula is C25H27N9O2. The molecule has 3 aromatic heterocycles. The molecule has 11 nitrogen and oxygen atoms in total. The number of pyridine rings is 1. The van der Waals surface area contributed by atoms with Crippen LogP contribution < -0.4 is 21.3 Å². The van der Waals surface area contributed by atoms with E-state index in [2.05, 4.69) is 53.1 Å². The second kappa shape index (κ2) is 11.2. The van der Waals surface area contributed by atoms with Gasteiger partial charge in [0, 0.05) is 62.2 Å². The second-order valence-electron chi connectivity index (χ2n) is 8.07. The number of benzene rings is 1. The fourth-order valence-corrected chi connectivity index (χ4v) is 3.71. The SMILES string of the molecule is CNC(=O)CNc1ncc(-c2cc(NCC(C)c3cccc4c(C(=O)NC)ccnc34)ncn2)cn1. The van der Waals surface area contributed by atoms with E-state index in [0.29, 0.717) is 29.6 Å². The molecule has 4 aromatic rings. The van der Waals surface area contributed by atoms with Crippen molar-refractivity contribution in [3.05, 3.63) is 66.4 Å². The summed E-state index contributed by atoms with van der Waals surface area (Å²) < 4.78 is 0. The monoisotopic (exact) mass is 485 g/mol. The number of fused-ring (bicyclic) bond motifs is 1. The van der Waals surface area contributed by atoms with E-state index in [1.54, 1.807) is 38.8 Å². The van der Waals surface area contributed by atoms with E-state index in [1.165, 1.54) is 6.33 Å². The lowest BCUT2D eigenvalue weighted by Crippen LogP contribution is -2.26. The first-order valence-corrected chi connectivity index (χ1v) is 11.4. The summed E-state index contributed by atoms with van der Waals surface area (Å²) in [7, 11) is 3.18. The molecule has 0 saturated carbocycles. The maximum atomic E-state index is 12.3. The van der Waals surface area contributed by atoms with Crippen molar-refractivity contribution in [2.45, 2.75) is 12.8 Å². The fraction of sp³-hybridized carbons (Fsp3) is 0.240. The Balaban J connectivity index is 1.46. The van der Waals surface area contributed by atoms with Gasteiger partial charge in [0.25, 0.3) is 5.91 Å². The van der Waals surface area contributed by atoms with Gasteiger partial charge in [-0.3, -0.25) is 14.6 Å². The summed E-state index contributed by atoms with van der Waals surface area (Å²) in [5.41, 5.74) is 3.83. The number of anilines is 2. The Morgan fingerprint density at radius 2 is 1.75 bits per heavy atom. The van der Waals surface area contributed by atoms with Crippen molar-refractivity contribution in [1.82, 2.24) is 35.6 Å². The Kier molecular flexibility index (Phi) is 7.59. The van der Waals surface area contributed by atoms with Crippen molar-refractivity contribution in [3.63, 3.8) is 0 Å². The van der Waals surface area contributed by atoms with Gasteiger partial charge in [0.2, 0.25) is 11.9 Å². The van der Waals surface area contributed by atoms with Crippen molar-refractivity contribution in [1.29, 1.82) is 0 Å². The Bertz CT molecular complexity index is 1380. The molecule has 3 heterocycles. The predicted molar refractivity (Wildman–Crippen MR) is 138 cm³/mol. The number of nitrogens with one attached hydrogen (secondary N) is 4. The number of carbonyl (C=O) groups is 2. The maximum Gasteiger partial charge on any atom is 0.251 e. The molecule has 36 heavy (non-hydrogen) atoms. The first kappa shape index (κ1) is 24.5. The highest BCUT2D eigenvalue weighted by molar-refractivity contribution is 6.06. The van der Waals surface area contributed by atoms with Gasteiger partial charge in [-0.15, -0.1) is 0 Å². The van der Waals surface area contributed by atoms with Gasteiger partial charge in [0.15, 0.2) is 0 Å². The van der Waals surface area contributed by atoms with Crippen LogP contribution in [0.1, 0.15) is 28.8 Å².